The standard InChI is InChI=1S/C20H16FN3O4/c1-3-24-15-10-12(21)7-8-14(15)17(25)16(20(24)26)19-22-18(23-28-19)11-5-4-6-13(9-11)27-2/h4-10,25H,3H2,1-2H3. The van der Waals surface area contributed by atoms with Gasteiger partial charge >= 0.3 is 0 Å². The first-order valence-corrected chi connectivity index (χ1v) is 8.57. The number of pyridine rings is 1. The molecule has 0 saturated heterocycles. The molecule has 0 saturated carbocycles. The Morgan fingerprint density at radius 1 is 1.25 bits per heavy atom. The fourth-order valence-electron chi connectivity index (χ4n) is 3.12. The van der Waals surface area contributed by atoms with E-state index in [0.29, 0.717) is 22.2 Å². The predicted molar refractivity (Wildman–Crippen MR) is 101 cm³/mol. The summed E-state index contributed by atoms with van der Waals surface area (Å²) in [6.45, 7) is 2.03. The molecule has 2 heterocycles. The van der Waals surface area contributed by atoms with E-state index in [1.165, 1.54) is 22.8 Å². The first-order chi connectivity index (χ1) is 13.5. The molecule has 1 N–H and O–H groups in total. The summed E-state index contributed by atoms with van der Waals surface area (Å²) >= 11 is 0. The van der Waals surface area contributed by atoms with Crippen molar-refractivity contribution in [1.82, 2.24) is 14.7 Å². The number of aromatic hydroxyl groups is 1. The maximum absolute atomic E-state index is 13.6. The minimum Gasteiger partial charge on any atom is -0.506 e. The number of hydrogen-bond donors (Lipinski definition) is 1. The molecule has 0 spiro atoms. The minimum absolute atomic E-state index is 0.117. The number of aryl methyl sites for hydroxylation is 1. The number of fused-ring (bicyclic) bond motifs is 1. The van der Waals surface area contributed by atoms with Crippen LogP contribution in [0.1, 0.15) is 6.92 Å². The lowest BCUT2D eigenvalue weighted by Crippen LogP contribution is -2.21. The normalized spacial score (nSPS) is 11.1. The Kier molecular flexibility index (Phi) is 4.31. The van der Waals surface area contributed by atoms with Gasteiger partial charge in [-0.1, -0.05) is 17.3 Å². The fraction of sp³-hybridized carbons (Fsp3) is 0.150. The quantitative estimate of drug-likeness (QED) is 0.581. The van der Waals surface area contributed by atoms with Crippen molar-refractivity contribution >= 4 is 10.9 Å². The molecular weight excluding hydrogens is 365 g/mol. The Hall–Kier alpha value is -3.68. The van der Waals surface area contributed by atoms with Gasteiger partial charge in [0.2, 0.25) is 5.82 Å². The van der Waals surface area contributed by atoms with E-state index in [4.69, 9.17) is 9.26 Å². The molecule has 4 aromatic rings. The third-order valence-electron chi connectivity index (χ3n) is 4.49. The van der Waals surface area contributed by atoms with E-state index in [-0.39, 0.29) is 29.6 Å². The van der Waals surface area contributed by atoms with Crippen molar-refractivity contribution in [2.45, 2.75) is 13.5 Å². The van der Waals surface area contributed by atoms with Crippen molar-refractivity contribution in [1.29, 1.82) is 0 Å². The highest BCUT2D eigenvalue weighted by atomic mass is 19.1. The zero-order valence-corrected chi connectivity index (χ0v) is 15.1. The molecule has 4 rings (SSSR count). The van der Waals surface area contributed by atoms with Crippen LogP contribution in [-0.4, -0.2) is 26.9 Å². The molecule has 0 atom stereocenters. The van der Waals surface area contributed by atoms with Crippen molar-refractivity contribution in [3.05, 3.63) is 58.6 Å². The number of ether oxygens (including phenoxy) is 1. The van der Waals surface area contributed by atoms with Crippen molar-refractivity contribution < 1.29 is 18.8 Å². The topological polar surface area (TPSA) is 90.4 Å². The van der Waals surface area contributed by atoms with E-state index in [9.17, 15) is 14.3 Å². The number of methoxy groups -OCH3 is 1. The zero-order chi connectivity index (χ0) is 19.8. The van der Waals surface area contributed by atoms with Crippen molar-refractivity contribution in [3.63, 3.8) is 0 Å². The molecule has 0 aliphatic rings. The van der Waals surface area contributed by atoms with Crippen LogP contribution in [0.4, 0.5) is 4.39 Å². The second kappa shape index (κ2) is 6.80. The Bertz CT molecular complexity index is 1250. The number of halogens is 1. The molecule has 2 aromatic carbocycles. The highest BCUT2D eigenvalue weighted by molar-refractivity contribution is 5.91. The Morgan fingerprint density at radius 3 is 2.82 bits per heavy atom. The maximum atomic E-state index is 13.6. The summed E-state index contributed by atoms with van der Waals surface area (Å²) in [5.41, 5.74) is 0.260. The SMILES string of the molecule is CCn1c(=O)c(-c2nc(-c3cccc(OC)c3)no2)c(O)c2ccc(F)cc21. The number of nitrogens with zero attached hydrogens (tertiary/aromatic N) is 3. The number of aromatic nitrogens is 3. The van der Waals surface area contributed by atoms with E-state index in [1.807, 2.05) is 0 Å². The molecule has 0 aliphatic carbocycles. The van der Waals surface area contributed by atoms with Crippen LogP contribution in [0.15, 0.2) is 51.8 Å². The van der Waals surface area contributed by atoms with Crippen LogP contribution in [-0.2, 0) is 6.54 Å². The van der Waals surface area contributed by atoms with Crippen molar-refractivity contribution in [3.8, 4) is 34.3 Å². The lowest BCUT2D eigenvalue weighted by molar-refractivity contribution is 0.414. The minimum atomic E-state index is -0.543. The molecule has 7 nitrogen and oxygen atoms in total. The largest absolute Gasteiger partial charge is 0.506 e. The molecule has 0 fully saturated rings. The summed E-state index contributed by atoms with van der Waals surface area (Å²) in [5, 5.41) is 14.9. The summed E-state index contributed by atoms with van der Waals surface area (Å²) < 4.78 is 25.4. The zero-order valence-electron chi connectivity index (χ0n) is 15.1. The van der Waals surface area contributed by atoms with Gasteiger partial charge in [-0.2, -0.15) is 4.98 Å². The van der Waals surface area contributed by atoms with E-state index < -0.39 is 11.4 Å². The van der Waals surface area contributed by atoms with Gasteiger partial charge in [0, 0.05) is 17.5 Å². The van der Waals surface area contributed by atoms with Gasteiger partial charge in [0.25, 0.3) is 11.4 Å². The molecule has 28 heavy (non-hydrogen) atoms. The molecule has 142 valence electrons. The second-order valence-electron chi connectivity index (χ2n) is 6.09. The molecule has 2 aromatic heterocycles. The van der Waals surface area contributed by atoms with Gasteiger partial charge in [0.15, 0.2) is 0 Å². The Labute approximate surface area is 158 Å². The van der Waals surface area contributed by atoms with Gasteiger partial charge in [-0.25, -0.2) is 4.39 Å². The number of benzene rings is 2. The van der Waals surface area contributed by atoms with E-state index in [1.54, 1.807) is 38.3 Å². The van der Waals surface area contributed by atoms with Crippen LogP contribution < -0.4 is 10.3 Å². The van der Waals surface area contributed by atoms with Gasteiger partial charge in [-0.3, -0.25) is 4.79 Å². The summed E-state index contributed by atoms with van der Waals surface area (Å²) in [7, 11) is 1.55. The summed E-state index contributed by atoms with van der Waals surface area (Å²) in [4.78, 5) is 17.2. The Morgan fingerprint density at radius 2 is 2.07 bits per heavy atom. The molecule has 0 radical (unpaired) electrons. The average molecular weight is 381 g/mol. The van der Waals surface area contributed by atoms with Crippen LogP contribution in [0.5, 0.6) is 11.5 Å². The number of rotatable bonds is 4. The highest BCUT2D eigenvalue weighted by Crippen LogP contribution is 2.33. The van der Waals surface area contributed by atoms with E-state index in [0.717, 1.165) is 0 Å². The summed E-state index contributed by atoms with van der Waals surface area (Å²) in [6, 6.07) is 10.9. The van der Waals surface area contributed by atoms with E-state index in [2.05, 4.69) is 10.1 Å². The molecule has 0 aliphatic heterocycles. The maximum Gasteiger partial charge on any atom is 0.267 e. The van der Waals surface area contributed by atoms with Crippen LogP contribution >= 0.6 is 0 Å². The van der Waals surface area contributed by atoms with Gasteiger partial charge < -0.3 is 18.9 Å². The molecule has 0 unspecified atom stereocenters. The fourth-order valence-corrected chi connectivity index (χ4v) is 3.12. The first kappa shape index (κ1) is 17.7. The van der Waals surface area contributed by atoms with Crippen LogP contribution in [0.2, 0.25) is 0 Å². The highest BCUT2D eigenvalue weighted by Gasteiger charge is 2.23. The Balaban J connectivity index is 1.92. The monoisotopic (exact) mass is 381 g/mol. The molecular formula is C20H16FN3O4. The van der Waals surface area contributed by atoms with Gasteiger partial charge in [-0.05, 0) is 37.3 Å². The van der Waals surface area contributed by atoms with E-state index >= 15 is 0 Å². The van der Waals surface area contributed by atoms with Crippen molar-refractivity contribution in [2.24, 2.45) is 0 Å². The number of hydrogen-bond acceptors (Lipinski definition) is 6. The van der Waals surface area contributed by atoms with Gasteiger partial charge in [0.05, 0.1) is 12.6 Å². The second-order valence-corrected chi connectivity index (χ2v) is 6.09. The van der Waals surface area contributed by atoms with Crippen LogP contribution in [0.3, 0.4) is 0 Å². The molecule has 0 bridgehead atoms. The van der Waals surface area contributed by atoms with Gasteiger partial charge in [0.1, 0.15) is 22.9 Å². The van der Waals surface area contributed by atoms with Gasteiger partial charge in [-0.15, -0.1) is 0 Å². The third-order valence-corrected chi connectivity index (χ3v) is 4.49. The molecule has 8 heteroatoms. The first-order valence-electron chi connectivity index (χ1n) is 8.57. The van der Waals surface area contributed by atoms with Crippen molar-refractivity contribution in [2.75, 3.05) is 7.11 Å². The summed E-state index contributed by atoms with van der Waals surface area (Å²) in [5.74, 6) is -0.0821. The average Bonchev–Trinajstić information content (AvgIpc) is 3.18. The molecule has 0 amide bonds. The smallest absolute Gasteiger partial charge is 0.267 e. The lowest BCUT2D eigenvalue weighted by Gasteiger charge is -2.11. The lowest BCUT2D eigenvalue weighted by atomic mass is 10.1. The third kappa shape index (κ3) is 2.79. The predicted octanol–water partition coefficient (Wildman–Crippen LogP) is 3.59. The van der Waals surface area contributed by atoms with Crippen LogP contribution in [0, 0.1) is 5.82 Å². The summed E-state index contributed by atoms with van der Waals surface area (Å²) in [6.07, 6.45) is 0. The van der Waals surface area contributed by atoms with Crippen LogP contribution in [0.25, 0.3) is 33.7 Å².